The Hall–Kier alpha value is -8.32. The van der Waals surface area contributed by atoms with Gasteiger partial charge in [-0.25, -0.2) is 0 Å². The fourth-order valence-corrected chi connectivity index (χ4v) is 28.3. The van der Waals surface area contributed by atoms with Crippen LogP contribution >= 0.6 is 7.14 Å². The van der Waals surface area contributed by atoms with E-state index in [1.165, 1.54) is 107 Å². The van der Waals surface area contributed by atoms with Crippen molar-refractivity contribution in [2.24, 2.45) is 0 Å². The molecule has 0 fully saturated rings. The molecular weight excluding hydrogens is 924 g/mol. The van der Waals surface area contributed by atoms with Crippen LogP contribution in [0.4, 0.5) is 0 Å². The van der Waals surface area contributed by atoms with Crippen molar-refractivity contribution < 1.29 is 4.57 Å². The molecule has 0 aliphatic carbocycles. The number of rotatable bonds is 3. The maximum absolute atomic E-state index is 17.6. The second-order valence-corrected chi connectivity index (χ2v) is 30.2. The van der Waals surface area contributed by atoms with E-state index in [2.05, 4.69) is 252 Å². The van der Waals surface area contributed by atoms with Crippen molar-refractivity contribution in [2.75, 3.05) is 0 Å². The molecule has 4 aliphatic rings. The minimum atomic E-state index is -3.62. The fourth-order valence-electron chi connectivity index (χ4n) is 14.6. The first-order chi connectivity index (χ1) is 35.6. The minimum absolute atomic E-state index is 0.828. The maximum Gasteiger partial charge on any atom is 0.185 e. The van der Waals surface area contributed by atoms with Crippen LogP contribution in [0, 0.1) is 0 Å². The number of para-hydroxylation sites is 4. The van der Waals surface area contributed by atoms with Gasteiger partial charge in [-0.2, -0.15) is 0 Å². The molecule has 4 aliphatic heterocycles. The van der Waals surface area contributed by atoms with Gasteiger partial charge in [0.1, 0.15) is 0 Å². The Morgan fingerprint density at radius 2 is 0.625 bits per heavy atom. The third kappa shape index (κ3) is 4.46. The van der Waals surface area contributed by atoms with Gasteiger partial charge in [-0.1, -0.05) is 224 Å². The molecule has 2 aromatic heterocycles. The average Bonchev–Trinajstić information content (AvgIpc) is 4.17. The number of aromatic nitrogens is 2. The maximum atomic E-state index is 17.6. The van der Waals surface area contributed by atoms with Crippen LogP contribution in [0.25, 0.3) is 77.2 Å². The van der Waals surface area contributed by atoms with Crippen LogP contribution < -0.4 is 57.4 Å². The Labute approximate surface area is 417 Å². The van der Waals surface area contributed by atoms with Crippen LogP contribution in [0.2, 0.25) is 0 Å². The van der Waals surface area contributed by atoms with E-state index in [-0.39, 0.29) is 0 Å². The second kappa shape index (κ2) is 13.8. The second-order valence-electron chi connectivity index (χ2n) is 20.1. The molecule has 6 heteroatoms. The van der Waals surface area contributed by atoms with Gasteiger partial charge in [0.25, 0.3) is 0 Å². The lowest BCUT2D eigenvalue weighted by Gasteiger charge is -2.38. The molecule has 0 radical (unpaired) electrons. The molecule has 0 amide bonds. The van der Waals surface area contributed by atoms with Crippen molar-refractivity contribution in [3.63, 3.8) is 0 Å². The summed E-state index contributed by atoms with van der Waals surface area (Å²) in [6, 6.07) is 92.6. The van der Waals surface area contributed by atoms with Crippen LogP contribution in [0.1, 0.15) is 0 Å². The summed E-state index contributed by atoms with van der Waals surface area (Å²) in [6.07, 6.45) is 0. The molecule has 0 N–H and O–H groups in total. The third-order valence-electron chi connectivity index (χ3n) is 17.2. The molecule has 0 saturated heterocycles. The van der Waals surface area contributed by atoms with Crippen molar-refractivity contribution in [3.05, 3.63) is 249 Å². The van der Waals surface area contributed by atoms with Crippen molar-refractivity contribution in [2.45, 2.75) is 0 Å². The normalized spacial score (nSPS) is 14.7. The highest BCUT2D eigenvalue weighted by Crippen LogP contribution is 2.46. The van der Waals surface area contributed by atoms with E-state index in [1.54, 1.807) is 0 Å². The molecular formula is C66H41N2OPSi2. The van der Waals surface area contributed by atoms with Gasteiger partial charge in [0, 0.05) is 48.8 Å². The largest absolute Gasteiger partial charge is 0.309 e. The van der Waals surface area contributed by atoms with Crippen LogP contribution in [0.15, 0.2) is 249 Å². The minimum Gasteiger partial charge on any atom is -0.309 e. The van der Waals surface area contributed by atoms with Crippen LogP contribution in [-0.2, 0) is 4.57 Å². The summed E-state index contributed by atoms with van der Waals surface area (Å²) in [7, 11) is -9.46. The summed E-state index contributed by atoms with van der Waals surface area (Å²) < 4.78 is 22.6. The molecule has 0 unspecified atom stereocenters. The zero-order chi connectivity index (χ0) is 47.1. The van der Waals surface area contributed by atoms with Crippen molar-refractivity contribution >= 4 is 124 Å². The lowest BCUT2D eigenvalue weighted by molar-refractivity contribution is 0.592. The number of hydrogen-bond acceptors (Lipinski definition) is 1. The highest BCUT2D eigenvalue weighted by molar-refractivity contribution is 7.85. The molecule has 6 heterocycles. The molecule has 0 atom stereocenters. The van der Waals surface area contributed by atoms with Gasteiger partial charge in [-0.05, 0) is 88.0 Å². The predicted molar refractivity (Wildman–Crippen MR) is 307 cm³/mol. The molecule has 11 aromatic carbocycles. The fraction of sp³-hybridized carbons (Fsp3) is 0. The Morgan fingerprint density at radius 1 is 0.278 bits per heavy atom. The zero-order valence-corrected chi connectivity index (χ0v) is 41.8. The summed E-state index contributed by atoms with van der Waals surface area (Å²) in [6.45, 7) is 0. The highest BCUT2D eigenvalue weighted by Gasteiger charge is 2.55. The molecule has 0 bridgehead atoms. The first-order valence-corrected chi connectivity index (χ1v) is 30.7. The average molecular weight is 965 g/mol. The van der Waals surface area contributed by atoms with Crippen LogP contribution in [0.5, 0.6) is 0 Å². The van der Waals surface area contributed by atoms with E-state index in [9.17, 15) is 0 Å². The molecule has 0 saturated carbocycles. The third-order valence-corrected chi connectivity index (χ3v) is 30.1. The van der Waals surface area contributed by atoms with Gasteiger partial charge >= 0.3 is 0 Å². The smallest absolute Gasteiger partial charge is 0.185 e. The number of nitrogens with zero attached hydrogens (tertiary/aromatic N) is 2. The molecule has 17 rings (SSSR count). The lowest BCUT2D eigenvalue weighted by atomic mass is 10.1. The summed E-state index contributed by atoms with van der Waals surface area (Å²) >= 11 is 0. The molecule has 72 heavy (non-hydrogen) atoms. The Morgan fingerprint density at radius 3 is 1.06 bits per heavy atom. The number of hydrogen-bond donors (Lipinski definition) is 0. The predicted octanol–water partition coefficient (Wildman–Crippen LogP) is 8.86. The standard InChI is InChI=1S/C66H41N2OPSi2/c69-70(42-18-2-1-3-19-42,43-36-38-61-55(40-43)67-53-28-10-4-20-45(53)51-26-16-34-63(65(51)67)71(61)57-30-12-6-22-47(57)48-23-7-13-31-58(48)71)44-37-39-62-56(41-44)68-54-29-11-5-21-46(54)52-27-17-35-64(66(52)68)72(62)59-32-14-8-24-49(59)50-25-9-15-33-60(50)72/h1-41H. The molecule has 334 valence electrons. The number of benzene rings is 11. The molecule has 2 spiro atoms. The summed E-state index contributed by atoms with van der Waals surface area (Å²) in [5.74, 6) is 0. The van der Waals surface area contributed by atoms with E-state index < -0.39 is 23.3 Å². The van der Waals surface area contributed by atoms with Gasteiger partial charge < -0.3 is 13.7 Å². The zero-order valence-electron chi connectivity index (χ0n) is 38.9. The van der Waals surface area contributed by atoms with Crippen molar-refractivity contribution in [1.82, 2.24) is 9.13 Å². The van der Waals surface area contributed by atoms with E-state index in [1.807, 2.05) is 6.07 Å². The van der Waals surface area contributed by atoms with E-state index in [0.29, 0.717) is 0 Å². The van der Waals surface area contributed by atoms with E-state index in [4.69, 9.17) is 0 Å². The monoisotopic (exact) mass is 964 g/mol. The van der Waals surface area contributed by atoms with Crippen LogP contribution in [0.3, 0.4) is 0 Å². The number of fused-ring (bicyclic) bond motifs is 24. The SMILES string of the molecule is O=P(c1ccccc1)(c1ccc2c(c1)-n1c3ccccc3c3cccc(c31)[Si]21c2ccccc2-c2ccccc21)c1ccc2c(c1)-n1c3ccccc3c3cccc(c31)[Si]21c2ccccc2-c2ccccc21. The Bertz CT molecular complexity index is 4280. The first kappa shape index (κ1) is 39.4. The van der Waals surface area contributed by atoms with E-state index >= 15 is 4.57 Å². The van der Waals surface area contributed by atoms with Gasteiger partial charge in [0.15, 0.2) is 23.3 Å². The van der Waals surface area contributed by atoms with Gasteiger partial charge in [0.2, 0.25) is 0 Å². The van der Waals surface area contributed by atoms with Gasteiger partial charge in [-0.3, -0.25) is 0 Å². The van der Waals surface area contributed by atoms with E-state index in [0.717, 1.165) is 27.3 Å². The Balaban J connectivity index is 0.992. The topological polar surface area (TPSA) is 26.9 Å². The lowest BCUT2D eigenvalue weighted by Crippen LogP contribution is -2.75. The summed E-state index contributed by atoms with van der Waals surface area (Å²) in [4.78, 5) is 0. The van der Waals surface area contributed by atoms with Crippen LogP contribution in [-0.4, -0.2) is 25.3 Å². The van der Waals surface area contributed by atoms with Crippen molar-refractivity contribution in [1.29, 1.82) is 0 Å². The quantitative estimate of drug-likeness (QED) is 0.129. The highest BCUT2D eigenvalue weighted by atomic mass is 31.2. The molecule has 13 aromatic rings. The molecule has 3 nitrogen and oxygen atoms in total. The van der Waals surface area contributed by atoms with Gasteiger partial charge in [-0.15, -0.1) is 0 Å². The first-order valence-electron chi connectivity index (χ1n) is 25.0. The Kier molecular flexibility index (Phi) is 7.53. The van der Waals surface area contributed by atoms with Gasteiger partial charge in [0.05, 0.1) is 22.1 Å². The summed E-state index contributed by atoms with van der Waals surface area (Å²) in [5.41, 5.74) is 12.4. The summed E-state index contributed by atoms with van der Waals surface area (Å²) in [5, 5.41) is 18.6. The van der Waals surface area contributed by atoms with Crippen molar-refractivity contribution in [3.8, 4) is 33.6 Å².